The lowest BCUT2D eigenvalue weighted by Crippen LogP contribution is -2.27. The minimum absolute atomic E-state index is 0.0638. The largest absolute Gasteiger partial charge is 0.357 e. The van der Waals surface area contributed by atoms with Gasteiger partial charge in [0.1, 0.15) is 0 Å². The van der Waals surface area contributed by atoms with Crippen LogP contribution in [0, 0.1) is 0 Å². The number of amides is 1. The molecule has 3 N–H and O–H groups in total. The Morgan fingerprint density at radius 3 is 2.88 bits per heavy atom. The molecule has 0 aliphatic carbocycles. The lowest BCUT2D eigenvalue weighted by atomic mass is 10.2. The van der Waals surface area contributed by atoms with E-state index < -0.39 is 0 Å². The van der Waals surface area contributed by atoms with Crippen molar-refractivity contribution in [3.8, 4) is 0 Å². The Balaban J connectivity index is 1.42. The van der Waals surface area contributed by atoms with E-state index in [2.05, 4.69) is 56.7 Å². The number of carbonyl (C=O) groups excluding carboxylic acids is 1. The Kier molecular flexibility index (Phi) is 6.17. The van der Waals surface area contributed by atoms with Crippen LogP contribution in [-0.2, 0) is 0 Å². The van der Waals surface area contributed by atoms with Crippen LogP contribution in [0.2, 0.25) is 4.34 Å². The van der Waals surface area contributed by atoms with Crippen LogP contribution in [0.25, 0.3) is 10.9 Å². The van der Waals surface area contributed by atoms with E-state index in [9.17, 15) is 4.79 Å². The minimum atomic E-state index is -0.0638. The summed E-state index contributed by atoms with van der Waals surface area (Å²) in [6.45, 7) is 3.59. The molecule has 3 rings (SSSR count). The number of benzene rings is 1. The fourth-order valence-electron chi connectivity index (χ4n) is 2.60. The Morgan fingerprint density at radius 1 is 1.28 bits per heavy atom. The van der Waals surface area contributed by atoms with Crippen molar-refractivity contribution in [3.05, 3.63) is 55.8 Å². The van der Waals surface area contributed by atoms with Gasteiger partial charge in [0, 0.05) is 33.7 Å². The lowest BCUT2D eigenvalue weighted by molar-refractivity contribution is 0.0957. The molecule has 25 heavy (non-hydrogen) atoms. The fraction of sp³-hybridized carbons (Fsp3) is 0.278. The van der Waals surface area contributed by atoms with Gasteiger partial charge in [-0.2, -0.15) is 0 Å². The minimum Gasteiger partial charge on any atom is -0.357 e. The van der Waals surface area contributed by atoms with Gasteiger partial charge >= 0.3 is 0 Å². The van der Waals surface area contributed by atoms with Crippen molar-refractivity contribution < 1.29 is 4.79 Å². The monoisotopic (exact) mass is 439 g/mol. The maximum absolute atomic E-state index is 11.9. The van der Waals surface area contributed by atoms with Crippen molar-refractivity contribution in [2.75, 3.05) is 13.1 Å². The standard InChI is InChI=1S/C18H19BrClN3OS/c1-11(15-10-12-9-13(19)3-4-14(12)23-15)21-7-2-8-22-18(24)16-5-6-17(20)25-16/h3-6,9-11,21,23H,2,7-8H2,1H3,(H,22,24). The zero-order valence-corrected chi connectivity index (χ0v) is 16.9. The van der Waals surface area contributed by atoms with Gasteiger partial charge in [-0.15, -0.1) is 11.3 Å². The Bertz CT molecular complexity index is 876. The summed E-state index contributed by atoms with van der Waals surface area (Å²) in [5.74, 6) is -0.0638. The summed E-state index contributed by atoms with van der Waals surface area (Å²) in [7, 11) is 0. The van der Waals surface area contributed by atoms with Crippen LogP contribution in [-0.4, -0.2) is 24.0 Å². The molecule has 132 valence electrons. The quantitative estimate of drug-likeness (QED) is 0.447. The van der Waals surface area contributed by atoms with Gasteiger partial charge in [-0.1, -0.05) is 27.5 Å². The van der Waals surface area contributed by atoms with Gasteiger partial charge in [0.25, 0.3) is 5.91 Å². The molecular formula is C18H19BrClN3OS. The molecule has 2 heterocycles. The predicted octanol–water partition coefficient (Wildman–Crippen LogP) is 5.12. The number of hydrogen-bond donors (Lipinski definition) is 3. The predicted molar refractivity (Wildman–Crippen MR) is 109 cm³/mol. The first-order chi connectivity index (χ1) is 12.0. The Labute approximate surface area is 164 Å². The highest BCUT2D eigenvalue weighted by Gasteiger charge is 2.10. The third kappa shape index (κ3) is 4.85. The average molecular weight is 441 g/mol. The van der Waals surface area contributed by atoms with Crippen molar-refractivity contribution in [1.82, 2.24) is 15.6 Å². The molecule has 2 aromatic heterocycles. The molecule has 0 saturated heterocycles. The van der Waals surface area contributed by atoms with E-state index >= 15 is 0 Å². The van der Waals surface area contributed by atoms with E-state index in [-0.39, 0.29) is 11.9 Å². The van der Waals surface area contributed by atoms with Crippen LogP contribution in [0.3, 0.4) is 0 Å². The van der Waals surface area contributed by atoms with Crippen molar-refractivity contribution in [3.63, 3.8) is 0 Å². The fourth-order valence-corrected chi connectivity index (χ4v) is 3.94. The zero-order valence-electron chi connectivity index (χ0n) is 13.7. The summed E-state index contributed by atoms with van der Waals surface area (Å²) in [6, 6.07) is 12.1. The number of nitrogens with one attached hydrogen (secondary N) is 3. The molecule has 4 nitrogen and oxygen atoms in total. The van der Waals surface area contributed by atoms with Crippen molar-refractivity contribution >= 4 is 55.7 Å². The Hall–Kier alpha value is -1.34. The Morgan fingerprint density at radius 2 is 2.12 bits per heavy atom. The van der Waals surface area contributed by atoms with E-state index in [1.807, 2.05) is 6.07 Å². The van der Waals surface area contributed by atoms with Gasteiger partial charge in [0.05, 0.1) is 9.21 Å². The molecule has 1 atom stereocenters. The molecule has 0 saturated carbocycles. The molecule has 3 aromatic rings. The first-order valence-corrected chi connectivity index (χ1v) is 10.1. The van der Waals surface area contributed by atoms with Crippen LogP contribution < -0.4 is 10.6 Å². The second-order valence-electron chi connectivity index (χ2n) is 5.85. The molecule has 1 aromatic carbocycles. The van der Waals surface area contributed by atoms with Gasteiger partial charge in [0.15, 0.2) is 0 Å². The topological polar surface area (TPSA) is 56.9 Å². The summed E-state index contributed by atoms with van der Waals surface area (Å²) in [5.41, 5.74) is 2.29. The summed E-state index contributed by atoms with van der Waals surface area (Å²) in [5, 5.41) is 7.59. The van der Waals surface area contributed by atoms with Crippen LogP contribution in [0.4, 0.5) is 0 Å². The normalized spacial score (nSPS) is 12.4. The van der Waals surface area contributed by atoms with Crippen molar-refractivity contribution in [2.24, 2.45) is 0 Å². The molecule has 7 heteroatoms. The molecular weight excluding hydrogens is 422 g/mol. The third-order valence-corrected chi connectivity index (χ3v) is 5.68. The SMILES string of the molecule is CC(NCCCNC(=O)c1ccc(Cl)s1)c1cc2cc(Br)ccc2[nH]1. The van der Waals surface area contributed by atoms with Gasteiger partial charge in [-0.25, -0.2) is 0 Å². The number of hydrogen-bond acceptors (Lipinski definition) is 3. The third-order valence-electron chi connectivity index (χ3n) is 3.96. The first kappa shape index (κ1) is 18.5. The van der Waals surface area contributed by atoms with Gasteiger partial charge in [-0.05, 0) is 56.3 Å². The number of rotatable bonds is 7. The van der Waals surface area contributed by atoms with E-state index in [1.54, 1.807) is 12.1 Å². The van der Waals surface area contributed by atoms with Gasteiger partial charge in [0.2, 0.25) is 0 Å². The number of thiophene rings is 1. The van der Waals surface area contributed by atoms with Crippen LogP contribution >= 0.6 is 38.9 Å². The molecule has 0 aliphatic rings. The number of H-pyrrole nitrogens is 1. The molecule has 0 aliphatic heterocycles. The summed E-state index contributed by atoms with van der Waals surface area (Å²) in [4.78, 5) is 16.0. The second kappa shape index (κ2) is 8.36. The zero-order chi connectivity index (χ0) is 17.8. The van der Waals surface area contributed by atoms with E-state index in [4.69, 9.17) is 11.6 Å². The average Bonchev–Trinajstić information content (AvgIpc) is 3.20. The number of carbonyl (C=O) groups is 1. The number of fused-ring (bicyclic) bond motifs is 1. The highest BCUT2D eigenvalue weighted by Crippen LogP contribution is 2.23. The van der Waals surface area contributed by atoms with E-state index in [0.29, 0.717) is 15.8 Å². The molecule has 1 unspecified atom stereocenters. The maximum Gasteiger partial charge on any atom is 0.261 e. The van der Waals surface area contributed by atoms with Crippen LogP contribution in [0.5, 0.6) is 0 Å². The molecule has 0 radical (unpaired) electrons. The van der Waals surface area contributed by atoms with Crippen molar-refractivity contribution in [1.29, 1.82) is 0 Å². The smallest absolute Gasteiger partial charge is 0.261 e. The number of aromatic nitrogens is 1. The van der Waals surface area contributed by atoms with Crippen LogP contribution in [0.15, 0.2) is 40.9 Å². The number of halogens is 2. The first-order valence-electron chi connectivity index (χ1n) is 8.08. The van der Waals surface area contributed by atoms with Crippen LogP contribution in [0.1, 0.15) is 34.8 Å². The summed E-state index contributed by atoms with van der Waals surface area (Å²) >= 11 is 10.6. The molecule has 0 spiro atoms. The van der Waals surface area contributed by atoms with Crippen molar-refractivity contribution in [2.45, 2.75) is 19.4 Å². The lowest BCUT2D eigenvalue weighted by Gasteiger charge is -2.12. The van der Waals surface area contributed by atoms with Gasteiger partial charge < -0.3 is 15.6 Å². The second-order valence-corrected chi connectivity index (χ2v) is 8.48. The van der Waals surface area contributed by atoms with E-state index in [1.165, 1.54) is 16.7 Å². The highest BCUT2D eigenvalue weighted by atomic mass is 79.9. The summed E-state index contributed by atoms with van der Waals surface area (Å²) in [6.07, 6.45) is 0.862. The number of aromatic amines is 1. The maximum atomic E-state index is 11.9. The van der Waals surface area contributed by atoms with Gasteiger partial charge in [-0.3, -0.25) is 4.79 Å². The molecule has 0 bridgehead atoms. The molecule has 1 amide bonds. The highest BCUT2D eigenvalue weighted by molar-refractivity contribution is 9.10. The molecule has 0 fully saturated rings. The summed E-state index contributed by atoms with van der Waals surface area (Å²) < 4.78 is 1.71. The van der Waals surface area contributed by atoms with E-state index in [0.717, 1.165) is 28.6 Å².